The number of nitriles is 1. The molecule has 2 aromatic carbocycles. The summed E-state index contributed by atoms with van der Waals surface area (Å²) in [5, 5.41) is 8.82. The minimum absolute atomic E-state index is 0.0151. The summed E-state index contributed by atoms with van der Waals surface area (Å²) < 4.78 is 32.6. The Hall–Kier alpha value is -1.93. The molecule has 2 nitrogen and oxygen atoms in total. The van der Waals surface area contributed by atoms with Gasteiger partial charge in [-0.1, -0.05) is 22.0 Å². The van der Waals surface area contributed by atoms with E-state index < -0.39 is 11.6 Å². The van der Waals surface area contributed by atoms with Crippen LogP contribution in [-0.2, 0) is 0 Å². The van der Waals surface area contributed by atoms with Gasteiger partial charge in [-0.25, -0.2) is 8.78 Å². The van der Waals surface area contributed by atoms with E-state index >= 15 is 0 Å². The maximum Gasteiger partial charge on any atom is 0.166 e. The first-order valence-electron chi connectivity index (χ1n) is 4.93. The largest absolute Gasteiger partial charge is 0.453 e. The average molecular weight is 310 g/mol. The van der Waals surface area contributed by atoms with E-state index in [1.807, 2.05) is 0 Å². The SMILES string of the molecule is N#Cc1c(F)cccc1Oc1ccc(Br)cc1F. The highest BCUT2D eigenvalue weighted by atomic mass is 79.9. The van der Waals surface area contributed by atoms with E-state index in [-0.39, 0.29) is 17.1 Å². The van der Waals surface area contributed by atoms with Crippen LogP contribution in [0.2, 0.25) is 0 Å². The predicted molar refractivity (Wildman–Crippen MR) is 65.3 cm³/mol. The Morgan fingerprint density at radius 3 is 2.50 bits per heavy atom. The van der Waals surface area contributed by atoms with E-state index in [9.17, 15) is 8.78 Å². The van der Waals surface area contributed by atoms with E-state index in [4.69, 9.17) is 10.00 Å². The molecule has 2 rings (SSSR count). The van der Waals surface area contributed by atoms with Crippen molar-refractivity contribution in [3.63, 3.8) is 0 Å². The van der Waals surface area contributed by atoms with Crippen LogP contribution < -0.4 is 4.74 Å². The third-order valence-electron chi connectivity index (χ3n) is 2.20. The highest BCUT2D eigenvalue weighted by Crippen LogP contribution is 2.29. The minimum Gasteiger partial charge on any atom is -0.453 e. The number of rotatable bonds is 2. The highest BCUT2D eigenvalue weighted by Gasteiger charge is 2.12. The van der Waals surface area contributed by atoms with E-state index in [0.717, 1.165) is 6.07 Å². The highest BCUT2D eigenvalue weighted by molar-refractivity contribution is 9.10. The summed E-state index contributed by atoms with van der Waals surface area (Å²) in [6, 6.07) is 9.83. The average Bonchev–Trinajstić information content (AvgIpc) is 2.33. The zero-order valence-electron chi connectivity index (χ0n) is 8.95. The van der Waals surface area contributed by atoms with E-state index in [0.29, 0.717) is 4.47 Å². The topological polar surface area (TPSA) is 33.0 Å². The maximum absolute atomic E-state index is 13.5. The first-order chi connectivity index (χ1) is 8.61. The zero-order valence-corrected chi connectivity index (χ0v) is 10.5. The van der Waals surface area contributed by atoms with Gasteiger partial charge in [0.1, 0.15) is 23.2 Å². The Morgan fingerprint density at radius 2 is 1.83 bits per heavy atom. The molecule has 18 heavy (non-hydrogen) atoms. The number of hydrogen-bond donors (Lipinski definition) is 0. The summed E-state index contributed by atoms with van der Waals surface area (Å²) in [5.41, 5.74) is -0.250. The van der Waals surface area contributed by atoms with Crippen molar-refractivity contribution in [3.8, 4) is 17.6 Å². The molecule has 0 N–H and O–H groups in total. The van der Waals surface area contributed by atoms with Gasteiger partial charge in [-0.15, -0.1) is 0 Å². The smallest absolute Gasteiger partial charge is 0.166 e. The summed E-state index contributed by atoms with van der Waals surface area (Å²) in [6.07, 6.45) is 0. The molecule has 0 spiro atoms. The normalized spacial score (nSPS) is 9.89. The number of hydrogen-bond acceptors (Lipinski definition) is 2. The Labute approximate surface area is 111 Å². The molecule has 0 saturated heterocycles. The van der Waals surface area contributed by atoms with Crippen LogP contribution in [0.1, 0.15) is 5.56 Å². The zero-order chi connectivity index (χ0) is 13.1. The molecule has 0 aliphatic rings. The van der Waals surface area contributed by atoms with Gasteiger partial charge >= 0.3 is 0 Å². The molecule has 0 aliphatic heterocycles. The van der Waals surface area contributed by atoms with Crippen LogP contribution in [0, 0.1) is 23.0 Å². The molecule has 2 aromatic rings. The van der Waals surface area contributed by atoms with Gasteiger partial charge in [0.2, 0.25) is 0 Å². The second-order valence-electron chi connectivity index (χ2n) is 3.40. The summed E-state index contributed by atoms with van der Waals surface area (Å²) >= 11 is 3.11. The van der Waals surface area contributed by atoms with E-state index in [1.54, 1.807) is 12.1 Å². The van der Waals surface area contributed by atoms with Crippen LogP contribution in [0.5, 0.6) is 11.5 Å². The lowest BCUT2D eigenvalue weighted by atomic mass is 10.2. The second-order valence-corrected chi connectivity index (χ2v) is 4.32. The van der Waals surface area contributed by atoms with E-state index in [2.05, 4.69) is 15.9 Å². The molecule has 0 aliphatic carbocycles. The molecule has 90 valence electrons. The number of benzene rings is 2. The van der Waals surface area contributed by atoms with Crippen LogP contribution in [0.25, 0.3) is 0 Å². The lowest BCUT2D eigenvalue weighted by Crippen LogP contribution is -1.93. The van der Waals surface area contributed by atoms with Crippen molar-refractivity contribution in [1.29, 1.82) is 5.26 Å². The lowest BCUT2D eigenvalue weighted by Gasteiger charge is -2.08. The standard InChI is InChI=1S/C13H6BrF2NO/c14-8-4-5-13(11(16)6-8)18-12-3-1-2-10(15)9(12)7-17/h1-6H. The number of halogens is 3. The fourth-order valence-corrected chi connectivity index (χ4v) is 1.71. The molecule has 5 heteroatoms. The molecule has 0 unspecified atom stereocenters. The van der Waals surface area contributed by atoms with E-state index in [1.165, 1.54) is 24.3 Å². The summed E-state index contributed by atoms with van der Waals surface area (Å²) in [6.45, 7) is 0. The Bertz CT molecular complexity index is 637. The molecule has 0 aromatic heterocycles. The van der Waals surface area contributed by atoms with Crippen molar-refractivity contribution < 1.29 is 13.5 Å². The van der Waals surface area contributed by atoms with Crippen LogP contribution in [0.15, 0.2) is 40.9 Å². The Balaban J connectivity index is 2.41. The van der Waals surface area contributed by atoms with Gasteiger partial charge in [0.05, 0.1) is 0 Å². The molecule has 0 amide bonds. The predicted octanol–water partition coefficient (Wildman–Crippen LogP) is 4.39. The van der Waals surface area contributed by atoms with Gasteiger partial charge in [-0.2, -0.15) is 5.26 Å². The van der Waals surface area contributed by atoms with Gasteiger partial charge in [-0.3, -0.25) is 0 Å². The molecule has 0 bridgehead atoms. The maximum atomic E-state index is 13.5. The van der Waals surface area contributed by atoms with Crippen molar-refractivity contribution in [2.24, 2.45) is 0 Å². The monoisotopic (exact) mass is 309 g/mol. The van der Waals surface area contributed by atoms with Crippen LogP contribution >= 0.6 is 15.9 Å². The molecule has 0 fully saturated rings. The van der Waals surface area contributed by atoms with Crippen LogP contribution in [-0.4, -0.2) is 0 Å². The van der Waals surface area contributed by atoms with Crippen molar-refractivity contribution in [3.05, 3.63) is 58.1 Å². The Morgan fingerprint density at radius 1 is 1.06 bits per heavy atom. The van der Waals surface area contributed by atoms with Gasteiger partial charge in [0.15, 0.2) is 11.6 Å². The fraction of sp³-hybridized carbons (Fsp3) is 0. The minimum atomic E-state index is -0.701. The van der Waals surface area contributed by atoms with Gasteiger partial charge in [-0.05, 0) is 30.3 Å². The third kappa shape index (κ3) is 2.49. The Kier molecular flexibility index (Phi) is 3.58. The molecular weight excluding hydrogens is 304 g/mol. The number of nitrogens with zero attached hydrogens (tertiary/aromatic N) is 1. The first-order valence-corrected chi connectivity index (χ1v) is 5.72. The summed E-state index contributed by atoms with van der Waals surface area (Å²) in [5.74, 6) is -1.39. The lowest BCUT2D eigenvalue weighted by molar-refractivity contribution is 0.437. The van der Waals surface area contributed by atoms with Crippen molar-refractivity contribution in [2.45, 2.75) is 0 Å². The quantitative estimate of drug-likeness (QED) is 0.824. The summed E-state index contributed by atoms with van der Waals surface area (Å²) in [4.78, 5) is 0. The van der Waals surface area contributed by atoms with Crippen molar-refractivity contribution in [2.75, 3.05) is 0 Å². The molecule has 0 heterocycles. The van der Waals surface area contributed by atoms with Crippen molar-refractivity contribution >= 4 is 15.9 Å². The van der Waals surface area contributed by atoms with Crippen LogP contribution in [0.4, 0.5) is 8.78 Å². The molecule has 0 atom stereocenters. The fourth-order valence-electron chi connectivity index (χ4n) is 1.37. The first kappa shape index (κ1) is 12.5. The third-order valence-corrected chi connectivity index (χ3v) is 2.69. The van der Waals surface area contributed by atoms with Gasteiger partial charge in [0.25, 0.3) is 0 Å². The van der Waals surface area contributed by atoms with Gasteiger partial charge < -0.3 is 4.74 Å². The number of ether oxygens (including phenoxy) is 1. The molecule has 0 radical (unpaired) electrons. The van der Waals surface area contributed by atoms with Crippen LogP contribution in [0.3, 0.4) is 0 Å². The summed E-state index contributed by atoms with van der Waals surface area (Å²) in [7, 11) is 0. The molecular formula is C13H6BrF2NO. The molecule has 0 saturated carbocycles. The van der Waals surface area contributed by atoms with Gasteiger partial charge in [0, 0.05) is 4.47 Å². The van der Waals surface area contributed by atoms with Crippen molar-refractivity contribution in [1.82, 2.24) is 0 Å². The second kappa shape index (κ2) is 5.15.